The first kappa shape index (κ1) is 39.7. The van der Waals surface area contributed by atoms with Crippen molar-refractivity contribution in [3.8, 4) is 11.1 Å². The molecule has 0 aliphatic heterocycles. The summed E-state index contributed by atoms with van der Waals surface area (Å²) in [5, 5.41) is 2.61. The Hall–Kier alpha value is -6.05. The van der Waals surface area contributed by atoms with Gasteiger partial charge in [0.25, 0.3) is 11.8 Å². The number of benzene rings is 4. The summed E-state index contributed by atoms with van der Waals surface area (Å²) in [5.74, 6) is -5.37. The van der Waals surface area contributed by atoms with Crippen LogP contribution in [0.25, 0.3) is 11.1 Å². The van der Waals surface area contributed by atoms with Gasteiger partial charge in [-0.3, -0.25) is 24.0 Å². The number of ether oxygens (including phenoxy) is 3. The fourth-order valence-electron chi connectivity index (χ4n) is 5.40. The molecule has 0 saturated heterocycles. The summed E-state index contributed by atoms with van der Waals surface area (Å²) in [6.07, 6.45) is -5.19. The van der Waals surface area contributed by atoms with Gasteiger partial charge in [0.1, 0.15) is 12.4 Å². The van der Waals surface area contributed by atoms with E-state index in [4.69, 9.17) is 14.2 Å². The molecule has 0 bridgehead atoms. The number of alkyl halides is 3. The molecule has 2 amide bonds. The first-order valence-corrected chi connectivity index (χ1v) is 16.3. The van der Waals surface area contributed by atoms with Crippen LogP contribution in [0.2, 0.25) is 0 Å². The SMILES string of the molecule is CCOC(=O)C(COC(=O)Cc1ccc(NC(=O)c2ccccc2-c2ccc(C(F)(F)F)cc2F)c(C(=O)N(C)C)c1)(C(=O)OCC)c1ccccc1. The van der Waals surface area contributed by atoms with Gasteiger partial charge in [-0.15, -0.1) is 0 Å². The lowest BCUT2D eigenvalue weighted by molar-refractivity contribution is -0.170. The first-order valence-electron chi connectivity index (χ1n) is 16.3. The lowest BCUT2D eigenvalue weighted by Gasteiger charge is -2.29. The van der Waals surface area contributed by atoms with Crippen LogP contribution >= 0.6 is 0 Å². The molecule has 0 atom stereocenters. The Kier molecular flexibility index (Phi) is 12.7. The lowest BCUT2D eigenvalue weighted by Crippen LogP contribution is -2.50. The molecule has 4 aromatic rings. The molecule has 14 heteroatoms. The van der Waals surface area contributed by atoms with Gasteiger partial charge in [0.05, 0.1) is 36.4 Å². The topological polar surface area (TPSA) is 128 Å². The molecule has 0 spiro atoms. The van der Waals surface area contributed by atoms with Crippen LogP contribution < -0.4 is 5.32 Å². The molecule has 278 valence electrons. The zero-order valence-corrected chi connectivity index (χ0v) is 29.2. The lowest BCUT2D eigenvalue weighted by atomic mass is 9.81. The van der Waals surface area contributed by atoms with E-state index in [2.05, 4.69) is 5.32 Å². The molecule has 0 saturated carbocycles. The molecule has 4 rings (SSSR count). The van der Waals surface area contributed by atoms with E-state index < -0.39 is 65.7 Å². The minimum atomic E-state index is -4.77. The van der Waals surface area contributed by atoms with Gasteiger partial charge < -0.3 is 24.4 Å². The van der Waals surface area contributed by atoms with Crippen molar-refractivity contribution in [1.82, 2.24) is 4.90 Å². The molecular weight excluding hydrogens is 700 g/mol. The number of hydrogen-bond donors (Lipinski definition) is 1. The Labute approximate surface area is 302 Å². The van der Waals surface area contributed by atoms with Crippen LogP contribution in [0.5, 0.6) is 0 Å². The molecular formula is C39H36F4N2O8. The van der Waals surface area contributed by atoms with E-state index in [1.807, 2.05) is 0 Å². The summed E-state index contributed by atoms with van der Waals surface area (Å²) >= 11 is 0. The summed E-state index contributed by atoms with van der Waals surface area (Å²) in [5.41, 5.74) is -3.21. The highest BCUT2D eigenvalue weighted by molar-refractivity contribution is 6.12. The summed E-state index contributed by atoms with van der Waals surface area (Å²) in [6.45, 7) is 2.24. The number of halogens is 4. The molecule has 10 nitrogen and oxygen atoms in total. The van der Waals surface area contributed by atoms with Crippen LogP contribution in [0.3, 0.4) is 0 Å². The number of anilines is 1. The number of esters is 3. The molecule has 0 aromatic heterocycles. The second kappa shape index (κ2) is 17.0. The van der Waals surface area contributed by atoms with Gasteiger partial charge >= 0.3 is 24.1 Å². The number of hydrogen-bond acceptors (Lipinski definition) is 8. The molecule has 0 aliphatic rings. The quantitative estimate of drug-likeness (QED) is 0.0703. The molecule has 0 unspecified atom stereocenters. The van der Waals surface area contributed by atoms with Gasteiger partial charge in [-0.1, -0.05) is 60.7 Å². The van der Waals surface area contributed by atoms with Crippen LogP contribution in [0.15, 0.2) is 91.0 Å². The minimum absolute atomic E-state index is 0.00768. The van der Waals surface area contributed by atoms with Gasteiger partial charge in [-0.25, -0.2) is 4.39 Å². The van der Waals surface area contributed by atoms with Crippen molar-refractivity contribution >= 4 is 35.4 Å². The van der Waals surface area contributed by atoms with Crippen LogP contribution in [-0.4, -0.2) is 68.5 Å². The zero-order valence-electron chi connectivity index (χ0n) is 29.2. The smallest absolute Gasteiger partial charge is 0.416 e. The van der Waals surface area contributed by atoms with E-state index in [0.29, 0.717) is 12.1 Å². The van der Waals surface area contributed by atoms with Crippen LogP contribution in [-0.2, 0) is 46.6 Å². The predicted octanol–water partition coefficient (Wildman–Crippen LogP) is 6.62. The van der Waals surface area contributed by atoms with Crippen molar-refractivity contribution in [2.45, 2.75) is 31.9 Å². The second-order valence-electron chi connectivity index (χ2n) is 11.8. The van der Waals surface area contributed by atoms with Crippen LogP contribution in [0.1, 0.15) is 51.3 Å². The molecule has 1 N–H and O–H groups in total. The third-order valence-electron chi connectivity index (χ3n) is 8.04. The van der Waals surface area contributed by atoms with Crippen molar-refractivity contribution < 1.29 is 55.7 Å². The number of carbonyl (C=O) groups is 5. The Balaban J connectivity index is 1.61. The number of amides is 2. The summed E-state index contributed by atoms with van der Waals surface area (Å²) in [4.78, 5) is 67.8. The molecule has 4 aromatic carbocycles. The van der Waals surface area contributed by atoms with Crippen LogP contribution in [0, 0.1) is 5.82 Å². The maximum atomic E-state index is 14.9. The Bertz CT molecular complexity index is 1980. The number of nitrogens with one attached hydrogen (secondary N) is 1. The highest BCUT2D eigenvalue weighted by Crippen LogP contribution is 2.34. The van der Waals surface area contributed by atoms with Gasteiger partial charge in [0.2, 0.25) is 5.41 Å². The molecule has 0 radical (unpaired) electrons. The number of rotatable bonds is 13. The van der Waals surface area contributed by atoms with E-state index in [1.165, 1.54) is 73.6 Å². The van der Waals surface area contributed by atoms with E-state index >= 15 is 0 Å². The van der Waals surface area contributed by atoms with E-state index in [9.17, 15) is 41.5 Å². The summed E-state index contributed by atoms with van der Waals surface area (Å²) < 4.78 is 70.3. The van der Waals surface area contributed by atoms with Crippen molar-refractivity contribution in [3.63, 3.8) is 0 Å². The van der Waals surface area contributed by atoms with Crippen LogP contribution in [0.4, 0.5) is 23.2 Å². The number of carbonyl (C=O) groups excluding carboxylic acids is 5. The highest BCUT2D eigenvalue weighted by Gasteiger charge is 2.52. The first-order chi connectivity index (χ1) is 25.1. The van der Waals surface area contributed by atoms with E-state index in [0.717, 1.165) is 6.07 Å². The Morgan fingerprint density at radius 1 is 0.698 bits per heavy atom. The summed E-state index contributed by atoms with van der Waals surface area (Å²) in [6, 6.07) is 19.7. The molecule has 53 heavy (non-hydrogen) atoms. The third kappa shape index (κ3) is 9.07. The molecule has 0 heterocycles. The predicted molar refractivity (Wildman–Crippen MR) is 185 cm³/mol. The van der Waals surface area contributed by atoms with Gasteiger partial charge in [0, 0.05) is 25.2 Å². The van der Waals surface area contributed by atoms with Gasteiger partial charge in [0.15, 0.2) is 0 Å². The monoisotopic (exact) mass is 736 g/mol. The molecule has 0 fully saturated rings. The second-order valence-corrected chi connectivity index (χ2v) is 11.8. The standard InChI is InChI=1S/C39H36F4N2O8/c1-5-51-36(49)38(37(50)52-6-2,25-12-8-7-9-13-25)23-53-33(46)21-24-16-19-32(30(20-24)35(48)45(3)4)44-34(47)29-15-11-10-14-27(29)28-18-17-26(22-31(28)40)39(41,42)43/h7-20,22H,5-6,21,23H2,1-4H3,(H,44,47). The van der Waals surface area contributed by atoms with E-state index in [-0.39, 0.29) is 52.3 Å². The van der Waals surface area contributed by atoms with Gasteiger partial charge in [-0.2, -0.15) is 13.2 Å². The third-order valence-corrected chi connectivity index (χ3v) is 8.04. The fourth-order valence-corrected chi connectivity index (χ4v) is 5.40. The number of nitrogens with zero attached hydrogens (tertiary/aromatic N) is 1. The van der Waals surface area contributed by atoms with Crippen molar-refractivity contribution in [2.75, 3.05) is 39.2 Å². The van der Waals surface area contributed by atoms with Gasteiger partial charge in [-0.05, 0) is 60.9 Å². The fraction of sp³-hybridized carbons (Fsp3) is 0.256. The van der Waals surface area contributed by atoms with Crippen molar-refractivity contribution in [2.24, 2.45) is 0 Å². The minimum Gasteiger partial charge on any atom is -0.465 e. The molecule has 0 aliphatic carbocycles. The summed E-state index contributed by atoms with van der Waals surface area (Å²) in [7, 11) is 2.93. The largest absolute Gasteiger partial charge is 0.465 e. The Morgan fingerprint density at radius 2 is 1.32 bits per heavy atom. The average Bonchev–Trinajstić information content (AvgIpc) is 3.12. The van der Waals surface area contributed by atoms with Crippen molar-refractivity contribution in [1.29, 1.82) is 0 Å². The maximum absolute atomic E-state index is 14.9. The highest BCUT2D eigenvalue weighted by atomic mass is 19.4. The average molecular weight is 737 g/mol. The van der Waals surface area contributed by atoms with Crippen molar-refractivity contribution in [3.05, 3.63) is 125 Å². The normalized spacial score (nSPS) is 11.3. The van der Waals surface area contributed by atoms with E-state index in [1.54, 1.807) is 32.0 Å². The maximum Gasteiger partial charge on any atom is 0.416 e. The zero-order chi connectivity index (χ0) is 38.9. The Morgan fingerprint density at radius 3 is 1.91 bits per heavy atom.